The molecular weight excluding hydrogens is 224 g/mol. The summed E-state index contributed by atoms with van der Waals surface area (Å²) >= 11 is 0. The number of nitrogens with zero attached hydrogens (tertiary/aromatic N) is 1. The molecule has 2 unspecified atom stereocenters. The Balaban J connectivity index is 1.90. The van der Waals surface area contributed by atoms with Crippen LogP contribution in [0, 0.1) is 11.3 Å². The van der Waals surface area contributed by atoms with Crippen molar-refractivity contribution in [1.29, 1.82) is 0 Å². The third-order valence-corrected chi connectivity index (χ3v) is 5.14. The average molecular weight is 254 g/mol. The molecule has 18 heavy (non-hydrogen) atoms. The van der Waals surface area contributed by atoms with Gasteiger partial charge in [0.05, 0.1) is 0 Å². The van der Waals surface area contributed by atoms with Gasteiger partial charge in [-0.05, 0) is 57.2 Å². The number of nitrogens with one attached hydrogen (secondary N) is 1. The van der Waals surface area contributed by atoms with E-state index >= 15 is 0 Å². The van der Waals surface area contributed by atoms with Crippen LogP contribution < -0.4 is 5.32 Å². The summed E-state index contributed by atoms with van der Waals surface area (Å²) in [5, 5.41) is 3.57. The molecule has 2 atom stereocenters. The van der Waals surface area contributed by atoms with Crippen molar-refractivity contribution in [2.24, 2.45) is 11.3 Å². The Morgan fingerprint density at radius 1 is 1.22 bits per heavy atom. The van der Waals surface area contributed by atoms with Gasteiger partial charge in [-0.15, -0.1) is 0 Å². The molecule has 1 saturated heterocycles. The molecule has 2 rings (SSSR count). The summed E-state index contributed by atoms with van der Waals surface area (Å²) in [6.45, 7) is 8.27. The predicted octanol–water partition coefficient (Wildman–Crippen LogP) is 2.12. The van der Waals surface area contributed by atoms with E-state index in [4.69, 9.17) is 4.74 Å². The smallest absolute Gasteiger partial charge is 0.0491 e. The van der Waals surface area contributed by atoms with E-state index in [-0.39, 0.29) is 0 Å². The molecule has 2 aliphatic rings. The number of piperidine rings is 1. The second-order valence-electron chi connectivity index (χ2n) is 6.80. The van der Waals surface area contributed by atoms with Gasteiger partial charge in [-0.25, -0.2) is 0 Å². The van der Waals surface area contributed by atoms with Crippen LogP contribution in [-0.4, -0.2) is 50.8 Å². The lowest BCUT2D eigenvalue weighted by Gasteiger charge is -2.40. The molecule has 1 aliphatic carbocycles. The van der Waals surface area contributed by atoms with Crippen LogP contribution in [0.1, 0.15) is 39.5 Å². The third-order valence-electron chi connectivity index (χ3n) is 5.14. The Bertz CT molecular complexity index is 259. The fraction of sp³-hybridized carbons (Fsp3) is 1.00. The summed E-state index contributed by atoms with van der Waals surface area (Å²) in [5.74, 6) is 0.786. The monoisotopic (exact) mass is 254 g/mol. The normalized spacial score (nSPS) is 34.0. The van der Waals surface area contributed by atoms with Crippen LogP contribution in [0.15, 0.2) is 0 Å². The number of methoxy groups -OCH3 is 1. The Hall–Kier alpha value is -0.120. The van der Waals surface area contributed by atoms with Crippen LogP contribution in [0.5, 0.6) is 0 Å². The minimum atomic E-state index is 0.447. The van der Waals surface area contributed by atoms with Crippen LogP contribution in [-0.2, 0) is 4.74 Å². The molecule has 3 heteroatoms. The summed E-state index contributed by atoms with van der Waals surface area (Å²) < 4.78 is 5.29. The van der Waals surface area contributed by atoms with Crippen molar-refractivity contribution in [3.8, 4) is 0 Å². The molecule has 0 bridgehead atoms. The standard InChI is InChI=1S/C15H30N2O/c1-15(2)8-5-13(14(15)16-3)17-9-6-12(7-10-17)11-18-4/h12-14,16H,5-11H2,1-4H3. The second-order valence-corrected chi connectivity index (χ2v) is 6.80. The highest BCUT2D eigenvalue weighted by atomic mass is 16.5. The molecule has 0 aromatic heterocycles. The number of ether oxygens (including phenoxy) is 1. The summed E-state index contributed by atoms with van der Waals surface area (Å²) in [5.41, 5.74) is 0.447. The maximum Gasteiger partial charge on any atom is 0.0491 e. The van der Waals surface area contributed by atoms with E-state index in [2.05, 4.69) is 31.1 Å². The number of hydrogen-bond acceptors (Lipinski definition) is 3. The molecule has 1 heterocycles. The first-order valence-corrected chi connectivity index (χ1v) is 7.48. The van der Waals surface area contributed by atoms with Gasteiger partial charge in [-0.1, -0.05) is 13.8 Å². The molecule has 1 aliphatic heterocycles. The Morgan fingerprint density at radius 3 is 2.44 bits per heavy atom. The van der Waals surface area contributed by atoms with Gasteiger partial charge in [0.15, 0.2) is 0 Å². The van der Waals surface area contributed by atoms with Gasteiger partial charge in [0.1, 0.15) is 0 Å². The second kappa shape index (κ2) is 5.89. The van der Waals surface area contributed by atoms with E-state index in [0.717, 1.165) is 18.6 Å². The Kier molecular flexibility index (Phi) is 4.68. The minimum absolute atomic E-state index is 0.447. The number of likely N-dealkylation sites (N-methyl/N-ethyl adjacent to an activating group) is 1. The van der Waals surface area contributed by atoms with Gasteiger partial charge in [0.2, 0.25) is 0 Å². The fourth-order valence-corrected chi connectivity index (χ4v) is 4.03. The molecule has 1 N–H and O–H groups in total. The maximum atomic E-state index is 5.29. The lowest BCUT2D eigenvalue weighted by atomic mass is 9.86. The van der Waals surface area contributed by atoms with Crippen LogP contribution in [0.4, 0.5) is 0 Å². The highest BCUT2D eigenvalue weighted by Gasteiger charge is 2.43. The Labute approximate surface area is 112 Å². The van der Waals surface area contributed by atoms with Gasteiger partial charge in [0.25, 0.3) is 0 Å². The van der Waals surface area contributed by atoms with Gasteiger partial charge in [-0.3, -0.25) is 4.90 Å². The van der Waals surface area contributed by atoms with Crippen molar-refractivity contribution in [2.75, 3.05) is 33.9 Å². The first kappa shape index (κ1) is 14.3. The topological polar surface area (TPSA) is 24.5 Å². The molecule has 0 spiro atoms. The lowest BCUT2D eigenvalue weighted by Crippen LogP contribution is -2.52. The van der Waals surface area contributed by atoms with Gasteiger partial charge in [-0.2, -0.15) is 0 Å². The predicted molar refractivity (Wildman–Crippen MR) is 75.8 cm³/mol. The van der Waals surface area contributed by atoms with Crippen molar-refractivity contribution in [3.05, 3.63) is 0 Å². The highest BCUT2D eigenvalue weighted by molar-refractivity contribution is 5.01. The molecule has 0 aromatic carbocycles. The van der Waals surface area contributed by atoms with Crippen LogP contribution in [0.25, 0.3) is 0 Å². The number of hydrogen-bond donors (Lipinski definition) is 1. The summed E-state index contributed by atoms with van der Waals surface area (Å²) in [6.07, 6.45) is 5.32. The van der Waals surface area contributed by atoms with E-state index < -0.39 is 0 Å². The van der Waals surface area contributed by atoms with Crippen LogP contribution in [0.2, 0.25) is 0 Å². The highest BCUT2D eigenvalue weighted by Crippen LogP contribution is 2.40. The lowest BCUT2D eigenvalue weighted by molar-refractivity contribution is 0.0680. The van der Waals surface area contributed by atoms with Gasteiger partial charge < -0.3 is 10.1 Å². The molecule has 3 nitrogen and oxygen atoms in total. The molecule has 2 fully saturated rings. The molecular formula is C15H30N2O. The van der Waals surface area contributed by atoms with Crippen molar-refractivity contribution in [3.63, 3.8) is 0 Å². The van der Waals surface area contributed by atoms with E-state index in [1.54, 1.807) is 0 Å². The van der Waals surface area contributed by atoms with E-state index in [0.29, 0.717) is 11.5 Å². The van der Waals surface area contributed by atoms with E-state index in [9.17, 15) is 0 Å². The molecule has 0 radical (unpaired) electrons. The SMILES string of the molecule is CNC1C(N2CCC(COC)CC2)CCC1(C)C. The third kappa shape index (κ3) is 2.89. The van der Waals surface area contributed by atoms with Crippen molar-refractivity contribution in [2.45, 2.75) is 51.6 Å². The number of likely N-dealkylation sites (tertiary alicyclic amines) is 1. The zero-order valence-electron chi connectivity index (χ0n) is 12.5. The quantitative estimate of drug-likeness (QED) is 0.832. The van der Waals surface area contributed by atoms with Crippen molar-refractivity contribution < 1.29 is 4.74 Å². The zero-order valence-corrected chi connectivity index (χ0v) is 12.5. The maximum absolute atomic E-state index is 5.29. The molecule has 0 aromatic rings. The molecule has 0 amide bonds. The fourth-order valence-electron chi connectivity index (χ4n) is 4.03. The van der Waals surface area contributed by atoms with E-state index in [1.807, 2.05) is 7.11 Å². The zero-order chi connectivity index (χ0) is 13.2. The summed E-state index contributed by atoms with van der Waals surface area (Å²) in [4.78, 5) is 2.72. The Morgan fingerprint density at radius 2 is 1.89 bits per heavy atom. The number of rotatable bonds is 4. The van der Waals surface area contributed by atoms with Crippen molar-refractivity contribution >= 4 is 0 Å². The summed E-state index contributed by atoms with van der Waals surface area (Å²) in [6, 6.07) is 1.39. The first-order valence-electron chi connectivity index (χ1n) is 7.48. The largest absolute Gasteiger partial charge is 0.384 e. The molecule has 1 saturated carbocycles. The van der Waals surface area contributed by atoms with Gasteiger partial charge in [0, 0.05) is 25.8 Å². The minimum Gasteiger partial charge on any atom is -0.384 e. The van der Waals surface area contributed by atoms with Crippen LogP contribution in [0.3, 0.4) is 0 Å². The van der Waals surface area contributed by atoms with Crippen LogP contribution >= 0.6 is 0 Å². The first-order chi connectivity index (χ1) is 8.58. The van der Waals surface area contributed by atoms with Crippen molar-refractivity contribution in [1.82, 2.24) is 10.2 Å². The van der Waals surface area contributed by atoms with E-state index in [1.165, 1.54) is 38.8 Å². The average Bonchev–Trinajstić information content (AvgIpc) is 2.65. The summed E-state index contributed by atoms with van der Waals surface area (Å²) in [7, 11) is 3.95. The molecule has 106 valence electrons. The van der Waals surface area contributed by atoms with Gasteiger partial charge >= 0.3 is 0 Å².